The van der Waals surface area contributed by atoms with E-state index in [1.807, 2.05) is 0 Å². The number of methoxy groups -OCH3 is 1. The number of fused-ring (bicyclic) bond motifs is 1. The molecule has 1 aromatic carbocycles. The number of aromatic amines is 1. The van der Waals surface area contributed by atoms with E-state index in [0.29, 0.717) is 5.75 Å². The standard InChI is InChI=1S/C14H12N4O5/c1-23-7-2-3-8(10(4-7)18(21)22)9-5-11(19)17-13-12(9)14(20)16-6-15-13/h2-4,6,9H,5H2,1H3,(H2,15,16,17,19,20). The number of carbonyl (C=O) groups is 1. The molecule has 1 atom stereocenters. The minimum atomic E-state index is -0.748. The first kappa shape index (κ1) is 14.7. The number of hydrogen-bond donors (Lipinski definition) is 2. The molecule has 1 amide bonds. The lowest BCUT2D eigenvalue weighted by molar-refractivity contribution is -0.385. The Hall–Kier alpha value is -3.23. The van der Waals surface area contributed by atoms with Crippen molar-refractivity contribution in [1.29, 1.82) is 0 Å². The van der Waals surface area contributed by atoms with Gasteiger partial charge in [-0.2, -0.15) is 0 Å². The van der Waals surface area contributed by atoms with Gasteiger partial charge in [0.25, 0.3) is 11.2 Å². The Kier molecular flexibility index (Phi) is 3.53. The van der Waals surface area contributed by atoms with Crippen molar-refractivity contribution in [2.75, 3.05) is 12.4 Å². The number of H-pyrrole nitrogens is 1. The van der Waals surface area contributed by atoms with Crippen LogP contribution in [-0.4, -0.2) is 27.9 Å². The number of nitrogens with one attached hydrogen (secondary N) is 2. The minimum absolute atomic E-state index is 0.0745. The second kappa shape index (κ2) is 5.52. The average molecular weight is 316 g/mol. The number of nitrogens with zero attached hydrogens (tertiary/aromatic N) is 2. The molecule has 118 valence electrons. The summed E-state index contributed by atoms with van der Waals surface area (Å²) >= 11 is 0. The Morgan fingerprint density at radius 3 is 2.87 bits per heavy atom. The Balaban J connectivity index is 2.22. The van der Waals surface area contributed by atoms with Crippen molar-refractivity contribution < 1.29 is 14.5 Å². The Morgan fingerprint density at radius 1 is 1.39 bits per heavy atom. The van der Waals surface area contributed by atoms with Gasteiger partial charge in [0.15, 0.2) is 0 Å². The van der Waals surface area contributed by atoms with Crippen LogP contribution in [0.2, 0.25) is 0 Å². The lowest BCUT2D eigenvalue weighted by Crippen LogP contribution is -2.30. The zero-order valence-corrected chi connectivity index (χ0v) is 12.0. The van der Waals surface area contributed by atoms with Gasteiger partial charge in [-0.1, -0.05) is 0 Å². The molecule has 2 N–H and O–H groups in total. The van der Waals surface area contributed by atoms with Crippen LogP contribution in [0.25, 0.3) is 0 Å². The second-order valence-electron chi connectivity index (χ2n) is 4.98. The zero-order chi connectivity index (χ0) is 16.6. The summed E-state index contributed by atoms with van der Waals surface area (Å²) in [6.45, 7) is 0. The normalized spacial score (nSPS) is 16.4. The number of benzene rings is 1. The second-order valence-corrected chi connectivity index (χ2v) is 4.98. The molecule has 1 unspecified atom stereocenters. The van der Waals surface area contributed by atoms with Crippen LogP contribution in [0.3, 0.4) is 0 Å². The smallest absolute Gasteiger partial charge is 0.276 e. The first-order valence-corrected chi connectivity index (χ1v) is 6.71. The van der Waals surface area contributed by atoms with Gasteiger partial charge in [-0.25, -0.2) is 4.98 Å². The number of amides is 1. The van der Waals surface area contributed by atoms with Crippen molar-refractivity contribution in [2.45, 2.75) is 12.3 Å². The Labute approximate surface area is 129 Å². The molecule has 0 spiro atoms. The summed E-state index contributed by atoms with van der Waals surface area (Å²) in [5.74, 6) is -0.658. The summed E-state index contributed by atoms with van der Waals surface area (Å²) in [5, 5.41) is 13.9. The third kappa shape index (κ3) is 2.52. The molecule has 23 heavy (non-hydrogen) atoms. The van der Waals surface area contributed by atoms with Crippen molar-refractivity contribution >= 4 is 17.4 Å². The highest BCUT2D eigenvalue weighted by atomic mass is 16.6. The largest absolute Gasteiger partial charge is 0.497 e. The topological polar surface area (TPSA) is 127 Å². The third-order valence-electron chi connectivity index (χ3n) is 3.69. The molecule has 9 nitrogen and oxygen atoms in total. The number of carbonyl (C=O) groups excluding carboxylic acids is 1. The number of rotatable bonds is 3. The van der Waals surface area contributed by atoms with E-state index in [-0.39, 0.29) is 35.0 Å². The van der Waals surface area contributed by atoms with Crippen molar-refractivity contribution in [3.63, 3.8) is 0 Å². The molecule has 0 fully saturated rings. The van der Waals surface area contributed by atoms with Crippen LogP contribution in [0.15, 0.2) is 29.3 Å². The summed E-state index contributed by atoms with van der Waals surface area (Å²) in [6, 6.07) is 4.32. The van der Waals surface area contributed by atoms with Gasteiger partial charge in [-0.15, -0.1) is 0 Å². The Morgan fingerprint density at radius 2 is 2.17 bits per heavy atom. The van der Waals surface area contributed by atoms with E-state index in [2.05, 4.69) is 15.3 Å². The number of aromatic nitrogens is 2. The lowest BCUT2D eigenvalue weighted by Gasteiger charge is -2.23. The van der Waals surface area contributed by atoms with E-state index in [1.54, 1.807) is 6.07 Å². The highest BCUT2D eigenvalue weighted by Crippen LogP contribution is 2.39. The van der Waals surface area contributed by atoms with Crippen LogP contribution in [0.1, 0.15) is 23.5 Å². The van der Waals surface area contributed by atoms with Gasteiger partial charge >= 0.3 is 0 Å². The zero-order valence-electron chi connectivity index (χ0n) is 12.0. The van der Waals surface area contributed by atoms with Gasteiger partial charge in [-0.3, -0.25) is 19.7 Å². The summed E-state index contributed by atoms with van der Waals surface area (Å²) < 4.78 is 5.00. The van der Waals surface area contributed by atoms with E-state index in [9.17, 15) is 19.7 Å². The van der Waals surface area contributed by atoms with Gasteiger partial charge in [-0.05, 0) is 12.1 Å². The van der Waals surface area contributed by atoms with Gasteiger partial charge < -0.3 is 15.0 Å². The molecule has 0 radical (unpaired) electrons. The quantitative estimate of drug-likeness (QED) is 0.646. The summed E-state index contributed by atoms with van der Waals surface area (Å²) in [4.78, 5) is 41.1. The first-order valence-electron chi connectivity index (χ1n) is 6.71. The molecule has 2 heterocycles. The molecule has 2 aromatic rings. The van der Waals surface area contributed by atoms with E-state index < -0.39 is 16.4 Å². The first-order chi connectivity index (χ1) is 11.0. The van der Waals surface area contributed by atoms with E-state index in [4.69, 9.17) is 4.74 Å². The fourth-order valence-electron chi connectivity index (χ4n) is 2.67. The molecule has 1 aliphatic heterocycles. The molecular weight excluding hydrogens is 304 g/mol. The van der Waals surface area contributed by atoms with Crippen LogP contribution in [0, 0.1) is 10.1 Å². The lowest BCUT2D eigenvalue weighted by atomic mass is 9.86. The highest BCUT2D eigenvalue weighted by Gasteiger charge is 2.34. The predicted molar refractivity (Wildman–Crippen MR) is 79.6 cm³/mol. The van der Waals surface area contributed by atoms with Gasteiger partial charge in [0.2, 0.25) is 5.91 Å². The SMILES string of the molecule is COc1ccc(C2CC(=O)Nc3nc[nH]c(=O)c32)c([N+](=O)[O-])c1. The van der Waals surface area contributed by atoms with Crippen LogP contribution in [-0.2, 0) is 4.79 Å². The monoisotopic (exact) mass is 316 g/mol. The molecule has 0 bridgehead atoms. The van der Waals surface area contributed by atoms with Gasteiger partial charge in [0, 0.05) is 17.9 Å². The molecule has 3 rings (SSSR count). The van der Waals surface area contributed by atoms with Crippen LogP contribution in [0.5, 0.6) is 5.75 Å². The minimum Gasteiger partial charge on any atom is -0.497 e. The van der Waals surface area contributed by atoms with E-state index in [0.717, 1.165) is 0 Å². The van der Waals surface area contributed by atoms with E-state index in [1.165, 1.54) is 25.6 Å². The maximum atomic E-state index is 12.1. The summed E-state index contributed by atoms with van der Waals surface area (Å²) in [5.41, 5.74) is -0.172. The number of nitro groups is 1. The average Bonchev–Trinajstić information content (AvgIpc) is 2.53. The van der Waals surface area contributed by atoms with E-state index >= 15 is 0 Å². The van der Waals surface area contributed by atoms with Crippen LogP contribution < -0.4 is 15.6 Å². The number of ether oxygens (including phenoxy) is 1. The molecule has 0 saturated heterocycles. The summed E-state index contributed by atoms with van der Waals surface area (Å²) in [6.07, 6.45) is 1.10. The van der Waals surface area contributed by atoms with Crippen molar-refractivity contribution in [1.82, 2.24) is 9.97 Å². The third-order valence-corrected chi connectivity index (χ3v) is 3.69. The molecule has 1 aromatic heterocycles. The maximum absolute atomic E-state index is 12.1. The number of nitro benzene ring substituents is 1. The fourth-order valence-corrected chi connectivity index (χ4v) is 2.67. The van der Waals surface area contributed by atoms with Crippen LogP contribution >= 0.6 is 0 Å². The highest BCUT2D eigenvalue weighted by molar-refractivity contribution is 5.94. The number of anilines is 1. The number of hydrogen-bond acceptors (Lipinski definition) is 6. The van der Waals surface area contributed by atoms with Crippen molar-refractivity contribution in [3.8, 4) is 5.75 Å². The molecule has 1 aliphatic rings. The molecular formula is C14H12N4O5. The molecule has 9 heteroatoms. The van der Waals surface area contributed by atoms with Crippen molar-refractivity contribution in [3.05, 3.63) is 56.1 Å². The maximum Gasteiger partial charge on any atom is 0.276 e. The predicted octanol–water partition coefficient (Wildman–Crippen LogP) is 1.16. The van der Waals surface area contributed by atoms with Crippen LogP contribution in [0.4, 0.5) is 11.5 Å². The van der Waals surface area contributed by atoms with Crippen molar-refractivity contribution in [2.24, 2.45) is 0 Å². The summed E-state index contributed by atoms with van der Waals surface area (Å²) in [7, 11) is 1.40. The van der Waals surface area contributed by atoms with Gasteiger partial charge in [0.05, 0.1) is 30.0 Å². The van der Waals surface area contributed by atoms with Gasteiger partial charge in [0.1, 0.15) is 11.6 Å². The molecule has 0 aliphatic carbocycles. The fraction of sp³-hybridized carbons (Fsp3) is 0.214. The Bertz CT molecular complexity index is 860. The molecule has 0 saturated carbocycles.